The minimum atomic E-state index is -0.536. The highest BCUT2D eigenvalue weighted by molar-refractivity contribution is 5.94. The van der Waals surface area contributed by atoms with Crippen LogP contribution in [0.5, 0.6) is 5.75 Å². The number of halogens is 1. The summed E-state index contributed by atoms with van der Waals surface area (Å²) in [4.78, 5) is 26.4. The number of hydrogen-bond acceptors (Lipinski definition) is 3. The molecule has 126 valence electrons. The highest BCUT2D eigenvalue weighted by Gasteiger charge is 2.33. The molecule has 1 atom stereocenters. The first kappa shape index (κ1) is 17.2. The summed E-state index contributed by atoms with van der Waals surface area (Å²) in [5.41, 5.74) is -0.437. The number of nitrogens with zero attached hydrogens (tertiary/aromatic N) is 1. The number of rotatable bonds is 2. The molecule has 0 bridgehead atoms. The van der Waals surface area contributed by atoms with E-state index in [0.29, 0.717) is 19.5 Å². The van der Waals surface area contributed by atoms with Gasteiger partial charge >= 0.3 is 0 Å². The summed E-state index contributed by atoms with van der Waals surface area (Å²) >= 11 is 0. The Hall–Kier alpha value is -2.11. The van der Waals surface area contributed by atoms with Crippen molar-refractivity contribution in [3.05, 3.63) is 24.0 Å². The van der Waals surface area contributed by atoms with Gasteiger partial charge < -0.3 is 15.3 Å². The molecule has 2 rings (SSSR count). The summed E-state index contributed by atoms with van der Waals surface area (Å²) in [7, 11) is 0. The van der Waals surface area contributed by atoms with E-state index >= 15 is 0 Å². The van der Waals surface area contributed by atoms with Crippen LogP contribution in [0.15, 0.2) is 18.2 Å². The normalized spacial score (nSPS) is 18.6. The Labute approximate surface area is 135 Å². The Morgan fingerprint density at radius 2 is 2.04 bits per heavy atom. The zero-order valence-electron chi connectivity index (χ0n) is 13.7. The number of hydrogen-bond donors (Lipinski definition) is 2. The quantitative estimate of drug-likeness (QED) is 0.823. The Morgan fingerprint density at radius 3 is 2.70 bits per heavy atom. The summed E-state index contributed by atoms with van der Waals surface area (Å²) in [6.45, 7) is 6.54. The van der Waals surface area contributed by atoms with Gasteiger partial charge in [-0.1, -0.05) is 20.8 Å². The maximum atomic E-state index is 13.2. The van der Waals surface area contributed by atoms with E-state index in [1.165, 1.54) is 6.07 Å². The van der Waals surface area contributed by atoms with Gasteiger partial charge in [0.1, 0.15) is 11.6 Å². The van der Waals surface area contributed by atoms with Crippen LogP contribution in [0.3, 0.4) is 0 Å². The topological polar surface area (TPSA) is 69.6 Å². The molecule has 6 heteroatoms. The molecule has 0 unspecified atom stereocenters. The van der Waals surface area contributed by atoms with E-state index < -0.39 is 11.2 Å². The van der Waals surface area contributed by atoms with Gasteiger partial charge in [0.15, 0.2) is 0 Å². The molecule has 2 N–H and O–H groups in total. The number of phenols is 1. The lowest BCUT2D eigenvalue weighted by atomic mass is 9.91. The molecule has 1 aliphatic heterocycles. The van der Waals surface area contributed by atoms with Crippen LogP contribution >= 0.6 is 0 Å². The van der Waals surface area contributed by atoms with E-state index in [1.807, 2.05) is 20.8 Å². The van der Waals surface area contributed by atoms with Crippen molar-refractivity contribution >= 4 is 17.5 Å². The lowest BCUT2D eigenvalue weighted by Gasteiger charge is -2.35. The number of anilines is 1. The fraction of sp³-hybridized carbons (Fsp3) is 0.529. The van der Waals surface area contributed by atoms with Crippen LogP contribution in [-0.2, 0) is 9.59 Å². The van der Waals surface area contributed by atoms with Gasteiger partial charge in [-0.25, -0.2) is 4.39 Å². The molecule has 1 aromatic rings. The first-order valence-corrected chi connectivity index (χ1v) is 7.77. The van der Waals surface area contributed by atoms with E-state index in [0.717, 1.165) is 18.6 Å². The zero-order valence-corrected chi connectivity index (χ0v) is 13.7. The maximum Gasteiger partial charge on any atom is 0.229 e. The van der Waals surface area contributed by atoms with Crippen LogP contribution in [0.25, 0.3) is 0 Å². The average molecular weight is 322 g/mol. The molecule has 2 amide bonds. The lowest BCUT2D eigenvalue weighted by Crippen LogP contribution is -2.47. The van der Waals surface area contributed by atoms with Gasteiger partial charge in [0.25, 0.3) is 0 Å². The predicted molar refractivity (Wildman–Crippen MR) is 85.5 cm³/mol. The minimum Gasteiger partial charge on any atom is -0.506 e. The van der Waals surface area contributed by atoms with Gasteiger partial charge in [0, 0.05) is 24.6 Å². The summed E-state index contributed by atoms with van der Waals surface area (Å²) < 4.78 is 13.2. The Morgan fingerprint density at radius 1 is 1.35 bits per heavy atom. The molecule has 23 heavy (non-hydrogen) atoms. The smallest absolute Gasteiger partial charge is 0.229 e. The third-order valence-electron chi connectivity index (χ3n) is 3.94. The largest absolute Gasteiger partial charge is 0.506 e. The highest BCUT2D eigenvalue weighted by atomic mass is 19.1. The summed E-state index contributed by atoms with van der Waals surface area (Å²) in [6.07, 6.45) is 1.41. The molecule has 1 saturated heterocycles. The number of aromatic hydroxyl groups is 1. The Bertz CT molecular complexity index is 610. The SMILES string of the molecule is CC(C)(C)C(=O)N1CCC[C@H](C(=O)Nc2cc(F)ccc2O)C1. The molecular formula is C17H23FN2O3. The second kappa shape index (κ2) is 6.56. The van der Waals surface area contributed by atoms with Gasteiger partial charge in [-0.05, 0) is 25.0 Å². The van der Waals surface area contributed by atoms with Gasteiger partial charge in [0.2, 0.25) is 11.8 Å². The van der Waals surface area contributed by atoms with Crippen molar-refractivity contribution in [2.24, 2.45) is 11.3 Å². The first-order chi connectivity index (χ1) is 10.7. The van der Waals surface area contributed by atoms with Gasteiger partial charge in [-0.3, -0.25) is 9.59 Å². The van der Waals surface area contributed by atoms with Crippen LogP contribution in [0.2, 0.25) is 0 Å². The first-order valence-electron chi connectivity index (χ1n) is 7.77. The minimum absolute atomic E-state index is 0.0172. The standard InChI is InChI=1S/C17H23FN2O3/c1-17(2,3)16(23)20-8-4-5-11(10-20)15(22)19-13-9-12(18)6-7-14(13)21/h6-7,9,11,21H,4-5,8,10H2,1-3H3,(H,19,22)/t11-/m0/s1. The second-order valence-electron chi connectivity index (χ2n) is 6.99. The fourth-order valence-electron chi connectivity index (χ4n) is 2.69. The number of amides is 2. The number of phenolic OH excluding ortho intramolecular Hbond substituents is 1. The van der Waals surface area contributed by atoms with Crippen molar-refractivity contribution in [3.8, 4) is 5.75 Å². The van der Waals surface area contributed by atoms with Gasteiger partial charge in [0.05, 0.1) is 11.6 Å². The van der Waals surface area contributed by atoms with Gasteiger partial charge in [-0.15, -0.1) is 0 Å². The van der Waals surface area contributed by atoms with E-state index in [2.05, 4.69) is 5.32 Å². The molecule has 5 nitrogen and oxygen atoms in total. The number of nitrogens with one attached hydrogen (secondary N) is 1. The van der Waals surface area contributed by atoms with Crippen molar-refractivity contribution in [3.63, 3.8) is 0 Å². The molecule has 1 aliphatic rings. The molecule has 0 radical (unpaired) electrons. The number of piperidine rings is 1. The van der Waals surface area contributed by atoms with Crippen molar-refractivity contribution in [2.75, 3.05) is 18.4 Å². The zero-order chi connectivity index (χ0) is 17.2. The highest BCUT2D eigenvalue weighted by Crippen LogP contribution is 2.27. The number of likely N-dealkylation sites (tertiary alicyclic amines) is 1. The fourth-order valence-corrected chi connectivity index (χ4v) is 2.69. The van der Waals surface area contributed by atoms with Crippen molar-refractivity contribution in [1.29, 1.82) is 0 Å². The molecule has 1 heterocycles. The van der Waals surface area contributed by atoms with Crippen LogP contribution in [-0.4, -0.2) is 34.9 Å². The average Bonchev–Trinajstić information content (AvgIpc) is 2.49. The maximum absolute atomic E-state index is 13.2. The third kappa shape index (κ3) is 4.21. The summed E-state index contributed by atoms with van der Waals surface area (Å²) in [6, 6.07) is 3.39. The monoisotopic (exact) mass is 322 g/mol. The van der Waals surface area contributed by atoms with E-state index in [1.54, 1.807) is 4.90 Å². The van der Waals surface area contributed by atoms with Crippen LogP contribution in [0.1, 0.15) is 33.6 Å². The predicted octanol–water partition coefficient (Wildman–Crippen LogP) is 2.75. The molecule has 1 aromatic carbocycles. The Balaban J connectivity index is 2.05. The van der Waals surface area contributed by atoms with Gasteiger partial charge in [-0.2, -0.15) is 0 Å². The molecule has 0 saturated carbocycles. The molecule has 0 aromatic heterocycles. The van der Waals surface area contributed by atoms with Crippen LogP contribution in [0, 0.1) is 17.2 Å². The van der Waals surface area contributed by atoms with E-state index in [9.17, 15) is 19.1 Å². The third-order valence-corrected chi connectivity index (χ3v) is 3.94. The van der Waals surface area contributed by atoms with E-state index in [4.69, 9.17) is 0 Å². The van der Waals surface area contributed by atoms with Crippen LogP contribution in [0.4, 0.5) is 10.1 Å². The number of benzene rings is 1. The Kier molecular flexibility index (Phi) is 4.92. The summed E-state index contributed by atoms with van der Waals surface area (Å²) in [5, 5.41) is 12.2. The summed E-state index contributed by atoms with van der Waals surface area (Å²) in [5.74, 6) is -1.37. The molecule has 1 fully saturated rings. The van der Waals surface area contributed by atoms with Crippen molar-refractivity contribution in [1.82, 2.24) is 4.90 Å². The van der Waals surface area contributed by atoms with Crippen LogP contribution < -0.4 is 5.32 Å². The second-order valence-corrected chi connectivity index (χ2v) is 6.99. The molecular weight excluding hydrogens is 299 g/mol. The number of carbonyl (C=O) groups excluding carboxylic acids is 2. The number of carbonyl (C=O) groups is 2. The van der Waals surface area contributed by atoms with Crippen molar-refractivity contribution < 1.29 is 19.1 Å². The van der Waals surface area contributed by atoms with Crippen molar-refractivity contribution in [2.45, 2.75) is 33.6 Å². The molecule has 0 aliphatic carbocycles. The molecule has 0 spiro atoms. The van der Waals surface area contributed by atoms with E-state index in [-0.39, 0.29) is 29.2 Å². The lowest BCUT2D eigenvalue weighted by molar-refractivity contribution is -0.142.